The van der Waals surface area contributed by atoms with Crippen LogP contribution in [0.4, 0.5) is 5.82 Å². The standard InChI is InChI=1S/C12H20ClN3O/c1-4-10-11(13)15-7-16-12(10)14-6-9(17)5-8(2)3/h7-9,17H,4-6H2,1-3H3,(H,14,15,16). The lowest BCUT2D eigenvalue weighted by Crippen LogP contribution is -2.22. The Morgan fingerprint density at radius 3 is 2.71 bits per heavy atom. The number of hydrogen-bond acceptors (Lipinski definition) is 4. The number of aromatic nitrogens is 2. The zero-order valence-corrected chi connectivity index (χ0v) is 11.3. The third-order valence-corrected chi connectivity index (χ3v) is 2.82. The Hall–Kier alpha value is -0.870. The van der Waals surface area contributed by atoms with Crippen LogP contribution < -0.4 is 5.32 Å². The van der Waals surface area contributed by atoms with Crippen LogP contribution in [0.25, 0.3) is 0 Å². The highest BCUT2D eigenvalue weighted by atomic mass is 35.5. The molecule has 0 amide bonds. The summed E-state index contributed by atoms with van der Waals surface area (Å²) in [6.45, 7) is 6.66. The summed E-state index contributed by atoms with van der Waals surface area (Å²) in [7, 11) is 0. The van der Waals surface area contributed by atoms with Crippen LogP contribution in [0.15, 0.2) is 6.33 Å². The Bertz CT molecular complexity index is 358. The summed E-state index contributed by atoms with van der Waals surface area (Å²) in [6.07, 6.45) is 2.60. The molecule has 17 heavy (non-hydrogen) atoms. The summed E-state index contributed by atoms with van der Waals surface area (Å²) in [5, 5.41) is 13.4. The number of rotatable bonds is 6. The van der Waals surface area contributed by atoms with Crippen LogP contribution in [-0.2, 0) is 6.42 Å². The van der Waals surface area contributed by atoms with Gasteiger partial charge in [0.25, 0.3) is 0 Å². The van der Waals surface area contributed by atoms with E-state index in [1.165, 1.54) is 6.33 Å². The lowest BCUT2D eigenvalue weighted by atomic mass is 10.1. The van der Waals surface area contributed by atoms with Crippen molar-refractivity contribution >= 4 is 17.4 Å². The van der Waals surface area contributed by atoms with Gasteiger partial charge in [-0.1, -0.05) is 32.4 Å². The minimum atomic E-state index is -0.367. The molecule has 0 bridgehead atoms. The van der Waals surface area contributed by atoms with Crippen LogP contribution in [0, 0.1) is 5.92 Å². The van der Waals surface area contributed by atoms with Crippen molar-refractivity contribution < 1.29 is 5.11 Å². The fraction of sp³-hybridized carbons (Fsp3) is 0.667. The van der Waals surface area contributed by atoms with Gasteiger partial charge in [0.1, 0.15) is 17.3 Å². The third kappa shape index (κ3) is 4.48. The maximum absolute atomic E-state index is 9.77. The molecule has 4 nitrogen and oxygen atoms in total. The van der Waals surface area contributed by atoms with Crippen molar-refractivity contribution in [1.82, 2.24) is 9.97 Å². The first-order chi connectivity index (χ1) is 8.04. The molecular formula is C12H20ClN3O. The zero-order chi connectivity index (χ0) is 12.8. The molecule has 0 aliphatic rings. The molecule has 1 heterocycles. The molecule has 1 unspecified atom stereocenters. The second-order valence-corrected chi connectivity index (χ2v) is 4.87. The molecule has 0 fully saturated rings. The number of anilines is 1. The minimum absolute atomic E-state index is 0.367. The maximum atomic E-state index is 9.77. The predicted octanol–water partition coefficient (Wildman–Crippen LogP) is 2.51. The van der Waals surface area contributed by atoms with Crippen molar-refractivity contribution in [2.24, 2.45) is 5.92 Å². The van der Waals surface area contributed by atoms with Crippen molar-refractivity contribution in [3.63, 3.8) is 0 Å². The molecule has 0 aliphatic heterocycles. The first-order valence-electron chi connectivity index (χ1n) is 5.95. The van der Waals surface area contributed by atoms with E-state index in [0.29, 0.717) is 17.6 Å². The van der Waals surface area contributed by atoms with Gasteiger partial charge in [0, 0.05) is 12.1 Å². The van der Waals surface area contributed by atoms with Crippen LogP contribution in [0.1, 0.15) is 32.8 Å². The van der Waals surface area contributed by atoms with Crippen molar-refractivity contribution in [1.29, 1.82) is 0 Å². The van der Waals surface area contributed by atoms with Gasteiger partial charge in [0.2, 0.25) is 0 Å². The van der Waals surface area contributed by atoms with Crippen molar-refractivity contribution in [2.75, 3.05) is 11.9 Å². The number of nitrogens with zero attached hydrogens (tertiary/aromatic N) is 2. The molecule has 0 saturated heterocycles. The van der Waals surface area contributed by atoms with E-state index < -0.39 is 0 Å². The number of hydrogen-bond donors (Lipinski definition) is 2. The van der Waals surface area contributed by atoms with Crippen molar-refractivity contribution in [2.45, 2.75) is 39.7 Å². The summed E-state index contributed by atoms with van der Waals surface area (Å²) >= 11 is 5.98. The summed E-state index contributed by atoms with van der Waals surface area (Å²) in [6, 6.07) is 0. The normalized spacial score (nSPS) is 12.8. The van der Waals surface area contributed by atoms with Crippen molar-refractivity contribution in [3.05, 3.63) is 17.0 Å². The number of halogens is 1. The first kappa shape index (κ1) is 14.2. The van der Waals surface area contributed by atoms with Gasteiger partial charge in [-0.25, -0.2) is 9.97 Å². The van der Waals surface area contributed by atoms with Crippen LogP contribution in [0.3, 0.4) is 0 Å². The Kier molecular flexibility index (Phi) is 5.65. The second-order valence-electron chi connectivity index (χ2n) is 4.51. The van der Waals surface area contributed by atoms with Gasteiger partial charge in [0.05, 0.1) is 6.10 Å². The SMILES string of the molecule is CCc1c(Cl)ncnc1NCC(O)CC(C)C. The summed E-state index contributed by atoms with van der Waals surface area (Å²) in [5.74, 6) is 1.20. The second kappa shape index (κ2) is 6.77. The van der Waals surface area contributed by atoms with Gasteiger partial charge in [-0.15, -0.1) is 0 Å². The van der Waals surface area contributed by atoms with Gasteiger partial charge in [-0.05, 0) is 18.8 Å². The molecule has 0 saturated carbocycles. The van der Waals surface area contributed by atoms with Crippen molar-refractivity contribution in [3.8, 4) is 0 Å². The van der Waals surface area contributed by atoms with E-state index in [-0.39, 0.29) is 6.10 Å². The number of aliphatic hydroxyl groups excluding tert-OH is 1. The monoisotopic (exact) mass is 257 g/mol. The molecule has 1 aromatic rings. The van der Waals surface area contributed by atoms with E-state index in [2.05, 4.69) is 29.1 Å². The lowest BCUT2D eigenvalue weighted by molar-refractivity contribution is 0.161. The molecule has 0 spiro atoms. The summed E-state index contributed by atoms with van der Waals surface area (Å²) < 4.78 is 0. The van der Waals surface area contributed by atoms with E-state index >= 15 is 0 Å². The topological polar surface area (TPSA) is 58.0 Å². The van der Waals surface area contributed by atoms with E-state index in [4.69, 9.17) is 11.6 Å². The van der Waals surface area contributed by atoms with E-state index in [0.717, 1.165) is 24.2 Å². The molecule has 2 N–H and O–H groups in total. The summed E-state index contributed by atoms with van der Waals surface area (Å²) in [4.78, 5) is 8.08. The average Bonchev–Trinajstić information content (AvgIpc) is 2.25. The Morgan fingerprint density at radius 2 is 2.12 bits per heavy atom. The molecule has 0 aliphatic carbocycles. The van der Waals surface area contributed by atoms with Gasteiger partial charge in [-0.3, -0.25) is 0 Å². The van der Waals surface area contributed by atoms with Crippen LogP contribution >= 0.6 is 11.6 Å². The Labute approximate surface area is 107 Å². The Morgan fingerprint density at radius 1 is 1.41 bits per heavy atom. The average molecular weight is 258 g/mol. The minimum Gasteiger partial charge on any atom is -0.391 e. The number of nitrogens with one attached hydrogen (secondary N) is 1. The van der Waals surface area contributed by atoms with E-state index in [1.807, 2.05) is 6.92 Å². The fourth-order valence-electron chi connectivity index (χ4n) is 1.70. The highest BCUT2D eigenvalue weighted by molar-refractivity contribution is 6.30. The van der Waals surface area contributed by atoms with Gasteiger partial charge in [-0.2, -0.15) is 0 Å². The number of aliphatic hydroxyl groups is 1. The smallest absolute Gasteiger partial charge is 0.137 e. The first-order valence-corrected chi connectivity index (χ1v) is 6.33. The van der Waals surface area contributed by atoms with Crippen LogP contribution in [0.5, 0.6) is 0 Å². The highest BCUT2D eigenvalue weighted by Crippen LogP contribution is 2.20. The predicted molar refractivity (Wildman–Crippen MR) is 70.4 cm³/mol. The third-order valence-electron chi connectivity index (χ3n) is 2.49. The van der Waals surface area contributed by atoms with Gasteiger partial charge < -0.3 is 10.4 Å². The van der Waals surface area contributed by atoms with E-state index in [9.17, 15) is 5.11 Å². The van der Waals surface area contributed by atoms with Gasteiger partial charge in [0.15, 0.2) is 0 Å². The lowest BCUT2D eigenvalue weighted by Gasteiger charge is -2.15. The molecule has 0 radical (unpaired) electrons. The van der Waals surface area contributed by atoms with Crippen LogP contribution in [-0.4, -0.2) is 27.7 Å². The highest BCUT2D eigenvalue weighted by Gasteiger charge is 2.10. The fourth-order valence-corrected chi connectivity index (χ4v) is 1.97. The zero-order valence-electron chi connectivity index (χ0n) is 10.6. The molecule has 1 atom stereocenters. The quantitative estimate of drug-likeness (QED) is 0.769. The molecular weight excluding hydrogens is 238 g/mol. The summed E-state index contributed by atoms with van der Waals surface area (Å²) in [5.41, 5.74) is 0.894. The molecule has 0 aromatic carbocycles. The largest absolute Gasteiger partial charge is 0.391 e. The molecule has 1 rings (SSSR count). The van der Waals surface area contributed by atoms with Crippen LogP contribution in [0.2, 0.25) is 5.15 Å². The molecule has 96 valence electrons. The Balaban J connectivity index is 2.60. The molecule has 5 heteroatoms. The van der Waals surface area contributed by atoms with E-state index in [1.54, 1.807) is 0 Å². The maximum Gasteiger partial charge on any atom is 0.137 e. The van der Waals surface area contributed by atoms with Gasteiger partial charge >= 0.3 is 0 Å². The molecule has 1 aromatic heterocycles.